The molecule has 0 bridgehead atoms. The Labute approximate surface area is 161 Å². The molecule has 2 heterocycles. The number of carbonyl (C=O) groups is 1. The molecule has 26 heavy (non-hydrogen) atoms. The second kappa shape index (κ2) is 7.99. The smallest absolute Gasteiger partial charge is 0.247 e. The Bertz CT molecular complexity index is 920. The molecule has 0 radical (unpaired) electrons. The maximum absolute atomic E-state index is 12.6. The summed E-state index contributed by atoms with van der Waals surface area (Å²) in [5, 5.41) is 11.3. The minimum atomic E-state index is -0.486. The number of amides is 1. The number of benzene rings is 1. The number of hydrogen-bond acceptors (Lipinski definition) is 5. The molecule has 0 aliphatic heterocycles. The lowest BCUT2D eigenvalue weighted by Crippen LogP contribution is -2.30. The minimum Gasteiger partial charge on any atom is -0.305 e. The van der Waals surface area contributed by atoms with Gasteiger partial charge in [0.1, 0.15) is 6.04 Å². The van der Waals surface area contributed by atoms with E-state index in [1.165, 1.54) is 11.3 Å². The highest BCUT2D eigenvalue weighted by Crippen LogP contribution is 2.28. The van der Waals surface area contributed by atoms with Crippen molar-refractivity contribution in [2.24, 2.45) is 7.05 Å². The van der Waals surface area contributed by atoms with Crippen LogP contribution in [0.5, 0.6) is 0 Å². The van der Waals surface area contributed by atoms with Crippen LogP contribution in [0.15, 0.2) is 36.7 Å². The molecule has 1 aromatic carbocycles. The van der Waals surface area contributed by atoms with Crippen molar-refractivity contribution in [1.29, 1.82) is 0 Å². The molecule has 2 N–H and O–H groups in total. The van der Waals surface area contributed by atoms with Gasteiger partial charge < -0.3 is 10.6 Å². The van der Waals surface area contributed by atoms with Crippen molar-refractivity contribution in [2.45, 2.75) is 19.4 Å². The molecular weight excluding hydrogens is 370 g/mol. The Morgan fingerprint density at radius 1 is 1.38 bits per heavy atom. The van der Waals surface area contributed by atoms with Crippen LogP contribution in [-0.2, 0) is 18.3 Å². The average Bonchev–Trinajstić information content (AvgIpc) is 3.16. The predicted octanol–water partition coefficient (Wildman–Crippen LogP) is 3.33. The van der Waals surface area contributed by atoms with Gasteiger partial charge in [-0.1, -0.05) is 29.8 Å². The fourth-order valence-electron chi connectivity index (χ4n) is 2.68. The van der Waals surface area contributed by atoms with Crippen molar-refractivity contribution in [2.75, 3.05) is 12.4 Å². The van der Waals surface area contributed by atoms with Gasteiger partial charge in [-0.15, -0.1) is 11.3 Å². The second-order valence-corrected chi connectivity index (χ2v) is 7.44. The molecule has 1 amide bonds. The van der Waals surface area contributed by atoms with Crippen LogP contribution in [0.1, 0.15) is 27.7 Å². The summed E-state index contributed by atoms with van der Waals surface area (Å²) in [6.45, 7) is 1.94. The average molecular weight is 390 g/mol. The van der Waals surface area contributed by atoms with E-state index in [4.69, 9.17) is 11.6 Å². The first-order valence-electron chi connectivity index (χ1n) is 8.14. The first-order valence-corrected chi connectivity index (χ1v) is 9.33. The Balaban J connectivity index is 1.74. The molecule has 0 aliphatic carbocycles. The minimum absolute atomic E-state index is 0.168. The summed E-state index contributed by atoms with van der Waals surface area (Å²) >= 11 is 7.72. The normalized spacial score (nSPS) is 12.2. The summed E-state index contributed by atoms with van der Waals surface area (Å²) < 4.78 is 1.67. The highest BCUT2D eigenvalue weighted by atomic mass is 35.5. The molecule has 3 rings (SSSR count). The lowest BCUT2D eigenvalue weighted by atomic mass is 10.1. The number of nitrogens with zero attached hydrogens (tertiary/aromatic N) is 3. The lowest BCUT2D eigenvalue weighted by molar-refractivity contribution is -0.118. The fourth-order valence-corrected chi connectivity index (χ4v) is 3.87. The van der Waals surface area contributed by atoms with E-state index in [1.807, 2.05) is 44.4 Å². The number of thiazole rings is 1. The number of likely N-dealkylation sites (N-methyl/N-ethyl adjacent to an activating group) is 1. The third-order valence-electron chi connectivity index (χ3n) is 4.04. The van der Waals surface area contributed by atoms with E-state index in [0.717, 1.165) is 26.7 Å². The highest BCUT2D eigenvalue weighted by Gasteiger charge is 2.22. The number of halogens is 1. The van der Waals surface area contributed by atoms with Gasteiger partial charge in [-0.25, -0.2) is 4.98 Å². The first kappa shape index (κ1) is 18.6. The number of anilines is 1. The van der Waals surface area contributed by atoms with Crippen molar-refractivity contribution in [3.8, 4) is 0 Å². The molecule has 136 valence electrons. The molecule has 0 fully saturated rings. The Kier molecular flexibility index (Phi) is 5.70. The third-order valence-corrected chi connectivity index (χ3v) is 5.48. The maximum Gasteiger partial charge on any atom is 0.247 e. The summed E-state index contributed by atoms with van der Waals surface area (Å²) in [5.74, 6) is -0.168. The summed E-state index contributed by atoms with van der Waals surface area (Å²) in [6.07, 6.45) is 4.18. The van der Waals surface area contributed by atoms with E-state index in [-0.39, 0.29) is 5.91 Å². The predicted molar refractivity (Wildman–Crippen MR) is 105 cm³/mol. The van der Waals surface area contributed by atoms with Crippen LogP contribution in [0.2, 0.25) is 5.02 Å². The zero-order valence-electron chi connectivity index (χ0n) is 14.8. The van der Waals surface area contributed by atoms with Gasteiger partial charge in [0.2, 0.25) is 5.91 Å². The van der Waals surface area contributed by atoms with Crippen LogP contribution < -0.4 is 10.6 Å². The monoisotopic (exact) mass is 389 g/mol. The molecule has 3 aromatic rings. The summed E-state index contributed by atoms with van der Waals surface area (Å²) in [5.41, 5.74) is 2.74. The van der Waals surface area contributed by atoms with E-state index in [1.54, 1.807) is 17.9 Å². The molecule has 1 unspecified atom stereocenters. The van der Waals surface area contributed by atoms with E-state index in [2.05, 4.69) is 20.7 Å². The molecule has 6 nitrogen and oxygen atoms in total. The van der Waals surface area contributed by atoms with Gasteiger partial charge >= 0.3 is 0 Å². The summed E-state index contributed by atoms with van der Waals surface area (Å²) in [7, 11) is 3.56. The van der Waals surface area contributed by atoms with Crippen LogP contribution in [0.25, 0.3) is 0 Å². The van der Waals surface area contributed by atoms with Gasteiger partial charge in [0.15, 0.2) is 5.13 Å². The van der Waals surface area contributed by atoms with Crippen molar-refractivity contribution in [1.82, 2.24) is 20.1 Å². The van der Waals surface area contributed by atoms with Gasteiger partial charge in [-0.2, -0.15) is 5.10 Å². The molecule has 0 aliphatic rings. The number of aryl methyl sites for hydroxylation is 2. The number of aromatic nitrogens is 3. The van der Waals surface area contributed by atoms with Gasteiger partial charge in [-0.3, -0.25) is 9.48 Å². The number of rotatable bonds is 6. The van der Waals surface area contributed by atoms with Gasteiger partial charge in [0, 0.05) is 35.1 Å². The van der Waals surface area contributed by atoms with Crippen LogP contribution >= 0.6 is 22.9 Å². The quantitative estimate of drug-likeness (QED) is 0.678. The van der Waals surface area contributed by atoms with E-state index in [9.17, 15) is 4.79 Å². The zero-order valence-corrected chi connectivity index (χ0v) is 16.4. The Hall–Kier alpha value is -2.22. The fraction of sp³-hybridized carbons (Fsp3) is 0.278. The lowest BCUT2D eigenvalue weighted by Gasteiger charge is -2.12. The number of nitrogens with one attached hydrogen (secondary N) is 2. The second-order valence-electron chi connectivity index (χ2n) is 5.95. The van der Waals surface area contributed by atoms with Crippen molar-refractivity contribution in [3.63, 3.8) is 0 Å². The van der Waals surface area contributed by atoms with Gasteiger partial charge in [-0.05, 0) is 25.6 Å². The largest absolute Gasteiger partial charge is 0.305 e. The van der Waals surface area contributed by atoms with Crippen molar-refractivity contribution >= 4 is 34.0 Å². The number of hydrogen-bond donors (Lipinski definition) is 2. The SMILES string of the molecule is CNC(C(=O)Nc1nc(C)c(Cc2ccccc2Cl)s1)c1cnn(C)c1. The van der Waals surface area contributed by atoms with E-state index < -0.39 is 6.04 Å². The molecule has 0 saturated carbocycles. The molecule has 1 atom stereocenters. The van der Waals surface area contributed by atoms with Crippen LogP contribution in [0.3, 0.4) is 0 Å². The van der Waals surface area contributed by atoms with Crippen LogP contribution in [0, 0.1) is 6.92 Å². The number of carbonyl (C=O) groups excluding carboxylic acids is 1. The van der Waals surface area contributed by atoms with Gasteiger partial charge in [0.05, 0.1) is 11.9 Å². The maximum atomic E-state index is 12.6. The van der Waals surface area contributed by atoms with Crippen molar-refractivity contribution in [3.05, 3.63) is 63.4 Å². The Morgan fingerprint density at radius 3 is 2.81 bits per heavy atom. The molecule has 0 saturated heterocycles. The topological polar surface area (TPSA) is 71.8 Å². The third kappa shape index (κ3) is 4.12. The summed E-state index contributed by atoms with van der Waals surface area (Å²) in [4.78, 5) is 18.2. The molecule has 8 heteroatoms. The molecule has 2 aromatic heterocycles. The Morgan fingerprint density at radius 2 is 2.15 bits per heavy atom. The van der Waals surface area contributed by atoms with E-state index in [0.29, 0.717) is 11.6 Å². The molecular formula is C18H20ClN5OS. The van der Waals surface area contributed by atoms with Gasteiger partial charge in [0.25, 0.3) is 0 Å². The first-order chi connectivity index (χ1) is 12.5. The van der Waals surface area contributed by atoms with Crippen molar-refractivity contribution < 1.29 is 4.79 Å². The molecule has 0 spiro atoms. The zero-order chi connectivity index (χ0) is 18.7. The summed E-state index contributed by atoms with van der Waals surface area (Å²) in [6, 6.07) is 7.26. The van der Waals surface area contributed by atoms with Crippen LogP contribution in [0.4, 0.5) is 5.13 Å². The standard InChI is InChI=1S/C18H20ClN5OS/c1-11-15(8-12-6-4-5-7-14(12)19)26-18(22-11)23-17(25)16(20-2)13-9-21-24(3)10-13/h4-7,9-10,16,20H,8H2,1-3H3,(H,22,23,25). The van der Waals surface area contributed by atoms with Crippen LogP contribution in [-0.4, -0.2) is 27.7 Å². The highest BCUT2D eigenvalue weighted by molar-refractivity contribution is 7.15. The van der Waals surface area contributed by atoms with E-state index >= 15 is 0 Å².